The third kappa shape index (κ3) is 3.68. The molecule has 0 amide bonds. The summed E-state index contributed by atoms with van der Waals surface area (Å²) < 4.78 is 13.7. The number of halogens is 2. The lowest BCUT2D eigenvalue weighted by molar-refractivity contribution is 0.632. The lowest BCUT2D eigenvalue weighted by Crippen LogP contribution is -2.20. The molecule has 2 N–H and O–H groups in total. The Morgan fingerprint density at radius 1 is 1.05 bits per heavy atom. The van der Waals surface area contributed by atoms with Gasteiger partial charge in [-0.2, -0.15) is 0 Å². The van der Waals surface area contributed by atoms with E-state index in [0.29, 0.717) is 10.1 Å². The van der Waals surface area contributed by atoms with E-state index in [-0.39, 0.29) is 5.69 Å². The average Bonchev–Trinajstić information content (AvgIpc) is 2.37. The summed E-state index contributed by atoms with van der Waals surface area (Å²) in [6.45, 7) is 3.98. The predicted molar refractivity (Wildman–Crippen MR) is 87.2 cm³/mol. The van der Waals surface area contributed by atoms with Crippen molar-refractivity contribution in [3.8, 4) is 0 Å². The van der Waals surface area contributed by atoms with Crippen LogP contribution in [0.3, 0.4) is 0 Å². The van der Waals surface area contributed by atoms with Crippen LogP contribution in [0.5, 0.6) is 0 Å². The number of benzene rings is 2. The van der Waals surface area contributed by atoms with Gasteiger partial charge in [-0.1, -0.05) is 23.7 Å². The minimum Gasteiger partial charge on any atom is -0.332 e. The first-order valence-corrected chi connectivity index (χ1v) is 6.84. The van der Waals surface area contributed by atoms with E-state index < -0.39 is 5.82 Å². The molecule has 0 unspecified atom stereocenters. The van der Waals surface area contributed by atoms with E-state index in [1.165, 1.54) is 6.07 Å². The van der Waals surface area contributed by atoms with Crippen molar-refractivity contribution < 1.29 is 4.39 Å². The number of hydrogen-bond donors (Lipinski definition) is 2. The fourth-order valence-electron chi connectivity index (χ4n) is 1.74. The number of anilines is 2. The zero-order valence-corrected chi connectivity index (χ0v) is 12.7. The Kier molecular flexibility index (Phi) is 4.57. The third-order valence-corrected chi connectivity index (χ3v) is 3.26. The summed E-state index contributed by atoms with van der Waals surface area (Å²) in [6, 6.07) is 10.4. The van der Waals surface area contributed by atoms with Gasteiger partial charge in [0.2, 0.25) is 0 Å². The van der Waals surface area contributed by atoms with Gasteiger partial charge in [-0.05, 0) is 61.5 Å². The summed E-state index contributed by atoms with van der Waals surface area (Å²) in [5.41, 5.74) is 3.38. The highest BCUT2D eigenvalue weighted by Crippen LogP contribution is 2.20. The SMILES string of the molecule is Cc1ccc(C)c(NC(=S)Nc2ccc(Cl)cc2F)c1. The molecule has 2 nitrogen and oxygen atoms in total. The van der Waals surface area contributed by atoms with Crippen LogP contribution in [0.2, 0.25) is 5.02 Å². The predicted octanol–water partition coefficient (Wildman–Crippen LogP) is 4.90. The molecule has 0 bridgehead atoms. The van der Waals surface area contributed by atoms with E-state index in [1.54, 1.807) is 12.1 Å². The molecular formula is C15H14ClFN2S. The largest absolute Gasteiger partial charge is 0.332 e. The Bertz CT molecular complexity index is 658. The Labute approximate surface area is 128 Å². The lowest BCUT2D eigenvalue weighted by atomic mass is 10.1. The normalized spacial score (nSPS) is 10.2. The molecule has 0 heterocycles. The minimum atomic E-state index is -0.442. The molecule has 0 aromatic heterocycles. The van der Waals surface area contributed by atoms with Gasteiger partial charge in [-0.25, -0.2) is 4.39 Å². The van der Waals surface area contributed by atoms with Crippen molar-refractivity contribution in [3.05, 3.63) is 58.4 Å². The van der Waals surface area contributed by atoms with Crippen molar-refractivity contribution in [2.75, 3.05) is 10.6 Å². The van der Waals surface area contributed by atoms with Gasteiger partial charge in [-0.15, -0.1) is 0 Å². The average molecular weight is 309 g/mol. The number of thiocarbonyl (C=S) groups is 1. The van der Waals surface area contributed by atoms with Crippen LogP contribution in [-0.2, 0) is 0 Å². The van der Waals surface area contributed by atoms with Gasteiger partial charge in [0.05, 0.1) is 5.69 Å². The maximum atomic E-state index is 13.7. The van der Waals surface area contributed by atoms with Crippen molar-refractivity contribution >= 4 is 40.3 Å². The van der Waals surface area contributed by atoms with Crippen LogP contribution in [0.4, 0.5) is 15.8 Å². The van der Waals surface area contributed by atoms with Crippen molar-refractivity contribution in [1.82, 2.24) is 0 Å². The molecule has 2 aromatic carbocycles. The van der Waals surface area contributed by atoms with Crippen LogP contribution < -0.4 is 10.6 Å². The van der Waals surface area contributed by atoms with Crippen LogP contribution in [0.25, 0.3) is 0 Å². The molecule has 0 radical (unpaired) electrons. The molecule has 5 heteroatoms. The van der Waals surface area contributed by atoms with Gasteiger partial charge in [-0.3, -0.25) is 0 Å². The van der Waals surface area contributed by atoms with Gasteiger partial charge in [0.25, 0.3) is 0 Å². The summed E-state index contributed by atoms with van der Waals surface area (Å²) in [4.78, 5) is 0. The number of hydrogen-bond acceptors (Lipinski definition) is 1. The first-order chi connectivity index (χ1) is 9.45. The van der Waals surface area contributed by atoms with E-state index in [0.717, 1.165) is 16.8 Å². The number of aryl methyl sites for hydroxylation is 2. The topological polar surface area (TPSA) is 24.1 Å². The second-order valence-corrected chi connectivity index (χ2v) is 5.37. The molecule has 0 aliphatic carbocycles. The zero-order valence-electron chi connectivity index (χ0n) is 11.1. The Morgan fingerprint density at radius 2 is 1.75 bits per heavy atom. The zero-order chi connectivity index (χ0) is 14.7. The maximum absolute atomic E-state index is 13.7. The summed E-state index contributed by atoms with van der Waals surface area (Å²) in [5, 5.41) is 6.56. The smallest absolute Gasteiger partial charge is 0.175 e. The van der Waals surface area contributed by atoms with Crippen molar-refractivity contribution in [1.29, 1.82) is 0 Å². The molecule has 0 spiro atoms. The van der Waals surface area contributed by atoms with Gasteiger partial charge >= 0.3 is 0 Å². The number of rotatable bonds is 2. The van der Waals surface area contributed by atoms with Gasteiger partial charge in [0, 0.05) is 10.7 Å². The third-order valence-electron chi connectivity index (χ3n) is 2.82. The second kappa shape index (κ2) is 6.20. The highest BCUT2D eigenvalue weighted by Gasteiger charge is 2.06. The van der Waals surface area contributed by atoms with Gasteiger partial charge in [0.15, 0.2) is 5.11 Å². The molecule has 0 saturated heterocycles. The molecule has 0 atom stereocenters. The highest BCUT2D eigenvalue weighted by atomic mass is 35.5. The van der Waals surface area contributed by atoms with Gasteiger partial charge in [0.1, 0.15) is 5.82 Å². The maximum Gasteiger partial charge on any atom is 0.175 e. The minimum absolute atomic E-state index is 0.289. The first kappa shape index (κ1) is 14.8. The van der Waals surface area contributed by atoms with Crippen molar-refractivity contribution in [3.63, 3.8) is 0 Å². The summed E-state index contributed by atoms with van der Waals surface area (Å²) in [5.74, 6) is -0.442. The van der Waals surface area contributed by atoms with Gasteiger partial charge < -0.3 is 10.6 Å². The Morgan fingerprint density at radius 3 is 2.45 bits per heavy atom. The second-order valence-electron chi connectivity index (χ2n) is 4.52. The molecule has 2 aromatic rings. The van der Waals surface area contributed by atoms with Crippen LogP contribution in [0.1, 0.15) is 11.1 Å². The van der Waals surface area contributed by atoms with Crippen LogP contribution in [0, 0.1) is 19.7 Å². The molecule has 0 aliphatic heterocycles. The highest BCUT2D eigenvalue weighted by molar-refractivity contribution is 7.80. The fourth-order valence-corrected chi connectivity index (χ4v) is 2.12. The van der Waals surface area contributed by atoms with E-state index in [1.807, 2.05) is 32.0 Å². The first-order valence-electron chi connectivity index (χ1n) is 6.06. The Hall–Kier alpha value is -1.65. The summed E-state index contributed by atoms with van der Waals surface area (Å²) >= 11 is 10.9. The molecular weight excluding hydrogens is 295 g/mol. The molecule has 0 fully saturated rings. The van der Waals surface area contributed by atoms with Crippen LogP contribution >= 0.6 is 23.8 Å². The molecule has 20 heavy (non-hydrogen) atoms. The van der Waals surface area contributed by atoms with E-state index >= 15 is 0 Å². The standard InChI is InChI=1S/C15H14ClFN2S/c1-9-3-4-10(2)14(7-9)19-15(20)18-13-6-5-11(16)8-12(13)17/h3-8H,1-2H3,(H2,18,19,20). The van der Waals surface area contributed by atoms with Crippen molar-refractivity contribution in [2.24, 2.45) is 0 Å². The van der Waals surface area contributed by atoms with E-state index in [4.69, 9.17) is 23.8 Å². The van der Waals surface area contributed by atoms with E-state index in [9.17, 15) is 4.39 Å². The monoisotopic (exact) mass is 308 g/mol. The number of nitrogens with one attached hydrogen (secondary N) is 2. The van der Waals surface area contributed by atoms with Crippen LogP contribution in [-0.4, -0.2) is 5.11 Å². The molecule has 0 aliphatic rings. The van der Waals surface area contributed by atoms with Crippen molar-refractivity contribution in [2.45, 2.75) is 13.8 Å². The quantitative estimate of drug-likeness (QED) is 0.771. The Balaban J connectivity index is 2.11. The fraction of sp³-hybridized carbons (Fsp3) is 0.133. The molecule has 0 saturated carbocycles. The lowest BCUT2D eigenvalue weighted by Gasteiger charge is -2.13. The molecule has 104 valence electrons. The van der Waals surface area contributed by atoms with Crippen LogP contribution in [0.15, 0.2) is 36.4 Å². The van der Waals surface area contributed by atoms with E-state index in [2.05, 4.69) is 10.6 Å². The summed E-state index contributed by atoms with van der Waals surface area (Å²) in [6.07, 6.45) is 0. The summed E-state index contributed by atoms with van der Waals surface area (Å²) in [7, 11) is 0. The molecule has 2 rings (SSSR count).